The summed E-state index contributed by atoms with van der Waals surface area (Å²) in [6, 6.07) is 3.77. The zero-order chi connectivity index (χ0) is 18.1. The summed E-state index contributed by atoms with van der Waals surface area (Å²) in [7, 11) is 0. The molecule has 0 saturated heterocycles. The molecule has 4 rings (SSSR count). The van der Waals surface area contributed by atoms with E-state index in [0.29, 0.717) is 12.2 Å². The van der Waals surface area contributed by atoms with Gasteiger partial charge in [-0.05, 0) is 26.0 Å². The fourth-order valence-corrected chi connectivity index (χ4v) is 3.98. The van der Waals surface area contributed by atoms with Crippen molar-refractivity contribution in [1.29, 1.82) is 0 Å². The summed E-state index contributed by atoms with van der Waals surface area (Å²) in [5, 5.41) is 6.04. The third-order valence-corrected chi connectivity index (χ3v) is 5.55. The minimum atomic E-state index is -0.183. The average Bonchev–Trinajstić information content (AvgIpc) is 3.36. The van der Waals surface area contributed by atoms with Gasteiger partial charge in [-0.15, -0.1) is 11.3 Å². The van der Waals surface area contributed by atoms with Crippen molar-refractivity contribution in [3.63, 3.8) is 0 Å². The lowest BCUT2D eigenvalue weighted by Gasteiger charge is -2.32. The SMILES string of the molecule is Cc1csc(CN2CCn3cc(C(=O)NCc4ccco4)nc3[C@@H]2C)n1. The van der Waals surface area contributed by atoms with Gasteiger partial charge in [-0.2, -0.15) is 0 Å². The first-order chi connectivity index (χ1) is 12.6. The van der Waals surface area contributed by atoms with E-state index in [4.69, 9.17) is 4.42 Å². The molecule has 1 aliphatic rings. The van der Waals surface area contributed by atoms with E-state index in [2.05, 4.69) is 37.1 Å². The fourth-order valence-electron chi connectivity index (χ4n) is 3.18. The molecular weight excluding hydrogens is 350 g/mol. The van der Waals surface area contributed by atoms with Gasteiger partial charge in [0.05, 0.1) is 25.4 Å². The molecule has 0 spiro atoms. The summed E-state index contributed by atoms with van der Waals surface area (Å²) in [6.45, 7) is 7.05. The van der Waals surface area contributed by atoms with Crippen molar-refractivity contribution in [2.75, 3.05) is 6.54 Å². The van der Waals surface area contributed by atoms with Gasteiger partial charge in [0.1, 0.15) is 22.3 Å². The van der Waals surface area contributed by atoms with Crippen LogP contribution < -0.4 is 5.32 Å². The molecule has 8 heteroatoms. The number of aromatic nitrogens is 3. The molecule has 0 bridgehead atoms. The van der Waals surface area contributed by atoms with Crippen molar-refractivity contribution in [2.45, 2.75) is 39.5 Å². The highest BCUT2D eigenvalue weighted by atomic mass is 32.1. The number of carbonyl (C=O) groups is 1. The van der Waals surface area contributed by atoms with Gasteiger partial charge in [0.15, 0.2) is 0 Å². The van der Waals surface area contributed by atoms with E-state index >= 15 is 0 Å². The summed E-state index contributed by atoms with van der Waals surface area (Å²) >= 11 is 1.69. The van der Waals surface area contributed by atoms with Gasteiger partial charge < -0.3 is 14.3 Å². The molecule has 1 aliphatic heterocycles. The summed E-state index contributed by atoms with van der Waals surface area (Å²) in [4.78, 5) is 23.9. The number of fused-ring (bicyclic) bond motifs is 1. The average molecular weight is 371 g/mol. The molecule has 0 saturated carbocycles. The quantitative estimate of drug-likeness (QED) is 0.746. The maximum atomic E-state index is 12.4. The topological polar surface area (TPSA) is 76.2 Å². The molecule has 7 nitrogen and oxygen atoms in total. The maximum absolute atomic E-state index is 12.4. The minimum absolute atomic E-state index is 0.138. The molecule has 0 aromatic carbocycles. The number of amides is 1. The highest BCUT2D eigenvalue weighted by Crippen LogP contribution is 2.27. The fraction of sp³-hybridized carbons (Fsp3) is 0.389. The van der Waals surface area contributed by atoms with E-state index in [0.717, 1.165) is 41.9 Å². The Balaban J connectivity index is 1.44. The van der Waals surface area contributed by atoms with Crippen LogP contribution in [0.2, 0.25) is 0 Å². The molecule has 26 heavy (non-hydrogen) atoms. The Hall–Kier alpha value is -2.45. The van der Waals surface area contributed by atoms with Crippen LogP contribution in [0, 0.1) is 6.92 Å². The third kappa shape index (κ3) is 3.42. The molecule has 0 fully saturated rings. The van der Waals surface area contributed by atoms with Crippen LogP contribution in [0.3, 0.4) is 0 Å². The van der Waals surface area contributed by atoms with E-state index < -0.39 is 0 Å². The van der Waals surface area contributed by atoms with Crippen LogP contribution in [0.25, 0.3) is 0 Å². The number of imidazole rings is 1. The van der Waals surface area contributed by atoms with Gasteiger partial charge in [0.25, 0.3) is 5.91 Å². The molecule has 0 unspecified atom stereocenters. The Morgan fingerprint density at radius 1 is 1.42 bits per heavy atom. The minimum Gasteiger partial charge on any atom is -0.467 e. The molecular formula is C18H21N5O2S. The number of rotatable bonds is 5. The molecule has 0 radical (unpaired) electrons. The Kier molecular flexibility index (Phi) is 4.60. The number of thiazole rings is 1. The summed E-state index contributed by atoms with van der Waals surface area (Å²) < 4.78 is 7.32. The predicted octanol–water partition coefficient (Wildman–Crippen LogP) is 2.75. The van der Waals surface area contributed by atoms with Crippen LogP contribution in [-0.4, -0.2) is 31.9 Å². The largest absolute Gasteiger partial charge is 0.467 e. The van der Waals surface area contributed by atoms with E-state index in [1.54, 1.807) is 23.7 Å². The molecule has 1 amide bonds. The highest BCUT2D eigenvalue weighted by molar-refractivity contribution is 7.09. The lowest BCUT2D eigenvalue weighted by atomic mass is 10.2. The Morgan fingerprint density at radius 3 is 3.04 bits per heavy atom. The van der Waals surface area contributed by atoms with Gasteiger partial charge in [-0.1, -0.05) is 0 Å². The van der Waals surface area contributed by atoms with Crippen molar-refractivity contribution in [3.8, 4) is 0 Å². The number of furan rings is 1. The van der Waals surface area contributed by atoms with Crippen molar-refractivity contribution in [2.24, 2.45) is 0 Å². The lowest BCUT2D eigenvalue weighted by molar-refractivity contribution is 0.0943. The highest BCUT2D eigenvalue weighted by Gasteiger charge is 2.28. The Labute approximate surface area is 155 Å². The number of nitrogens with zero attached hydrogens (tertiary/aromatic N) is 4. The number of hydrogen-bond acceptors (Lipinski definition) is 6. The zero-order valence-corrected chi connectivity index (χ0v) is 15.6. The number of aryl methyl sites for hydroxylation is 1. The van der Waals surface area contributed by atoms with Gasteiger partial charge >= 0.3 is 0 Å². The van der Waals surface area contributed by atoms with Crippen molar-refractivity contribution in [3.05, 3.63) is 58.0 Å². The van der Waals surface area contributed by atoms with Crippen LogP contribution in [0.5, 0.6) is 0 Å². The predicted molar refractivity (Wildman–Crippen MR) is 97.8 cm³/mol. The van der Waals surface area contributed by atoms with Gasteiger partial charge in [-0.25, -0.2) is 9.97 Å². The monoisotopic (exact) mass is 371 g/mol. The van der Waals surface area contributed by atoms with E-state index in [9.17, 15) is 4.79 Å². The van der Waals surface area contributed by atoms with Crippen molar-refractivity contribution in [1.82, 2.24) is 24.8 Å². The van der Waals surface area contributed by atoms with Crippen LogP contribution in [0.1, 0.15) is 45.7 Å². The zero-order valence-electron chi connectivity index (χ0n) is 14.8. The molecule has 1 atom stereocenters. The molecule has 1 N–H and O–H groups in total. The second-order valence-electron chi connectivity index (χ2n) is 6.47. The van der Waals surface area contributed by atoms with E-state index in [1.165, 1.54) is 0 Å². The van der Waals surface area contributed by atoms with Crippen LogP contribution in [-0.2, 0) is 19.6 Å². The molecule has 3 aromatic rings. The van der Waals surface area contributed by atoms with Gasteiger partial charge in [-0.3, -0.25) is 9.69 Å². The third-order valence-electron chi connectivity index (χ3n) is 4.60. The number of hydrogen-bond donors (Lipinski definition) is 1. The first kappa shape index (κ1) is 17.0. The number of nitrogens with one attached hydrogen (secondary N) is 1. The second kappa shape index (κ2) is 7.05. The van der Waals surface area contributed by atoms with Crippen molar-refractivity contribution < 1.29 is 9.21 Å². The summed E-state index contributed by atoms with van der Waals surface area (Å²) in [6.07, 6.45) is 3.44. The van der Waals surface area contributed by atoms with Crippen LogP contribution in [0.4, 0.5) is 0 Å². The number of carbonyl (C=O) groups excluding carboxylic acids is 1. The van der Waals surface area contributed by atoms with Gasteiger partial charge in [0, 0.05) is 30.4 Å². The maximum Gasteiger partial charge on any atom is 0.271 e. The van der Waals surface area contributed by atoms with Gasteiger partial charge in [0.2, 0.25) is 0 Å². The Morgan fingerprint density at radius 2 is 2.31 bits per heavy atom. The van der Waals surface area contributed by atoms with Crippen LogP contribution >= 0.6 is 11.3 Å². The van der Waals surface area contributed by atoms with Crippen molar-refractivity contribution >= 4 is 17.2 Å². The summed E-state index contributed by atoms with van der Waals surface area (Å²) in [5.41, 5.74) is 1.51. The second-order valence-corrected chi connectivity index (χ2v) is 7.41. The molecule has 4 heterocycles. The Bertz CT molecular complexity index is 899. The standard InChI is InChI=1S/C18H21N5O2S/c1-12-11-26-16(20-12)10-22-5-6-23-9-15(21-17(23)13(22)2)18(24)19-8-14-4-3-7-25-14/h3-4,7,9,11,13H,5-6,8,10H2,1-2H3,(H,19,24)/t13-/m0/s1. The molecule has 3 aromatic heterocycles. The van der Waals surface area contributed by atoms with Crippen LogP contribution in [0.15, 0.2) is 34.4 Å². The molecule has 0 aliphatic carbocycles. The smallest absolute Gasteiger partial charge is 0.271 e. The lowest BCUT2D eigenvalue weighted by Crippen LogP contribution is -2.36. The molecule has 136 valence electrons. The normalized spacial score (nSPS) is 17.2. The first-order valence-electron chi connectivity index (χ1n) is 8.63. The summed E-state index contributed by atoms with van der Waals surface area (Å²) in [5.74, 6) is 1.46. The van der Waals surface area contributed by atoms with E-state index in [1.807, 2.05) is 19.2 Å². The first-order valence-corrected chi connectivity index (χ1v) is 9.51. The van der Waals surface area contributed by atoms with E-state index in [-0.39, 0.29) is 11.9 Å².